The van der Waals surface area contributed by atoms with E-state index in [2.05, 4.69) is 14.9 Å². The minimum absolute atomic E-state index is 0.0529. The van der Waals surface area contributed by atoms with Crippen LogP contribution in [-0.2, 0) is 17.7 Å². The molecule has 0 spiro atoms. The fourth-order valence-electron chi connectivity index (χ4n) is 3.55. The second-order valence-electron chi connectivity index (χ2n) is 6.73. The van der Waals surface area contributed by atoms with Crippen molar-refractivity contribution in [3.63, 3.8) is 0 Å². The van der Waals surface area contributed by atoms with Gasteiger partial charge in [-0.25, -0.2) is 14.8 Å². The Hall–Kier alpha value is -1.73. The molecule has 1 amide bonds. The molecule has 126 valence electrons. The van der Waals surface area contributed by atoms with Crippen LogP contribution in [0.3, 0.4) is 0 Å². The molecule has 1 N–H and O–H groups in total. The summed E-state index contributed by atoms with van der Waals surface area (Å²) in [5.74, 6) is 0. The van der Waals surface area contributed by atoms with E-state index in [-0.39, 0.29) is 6.04 Å². The number of ether oxygens (including phenoxy) is 1. The third-order valence-electron chi connectivity index (χ3n) is 4.73. The summed E-state index contributed by atoms with van der Waals surface area (Å²) < 4.78 is 5.63. The quantitative estimate of drug-likeness (QED) is 0.910. The third-order valence-corrected chi connectivity index (χ3v) is 4.73. The summed E-state index contributed by atoms with van der Waals surface area (Å²) in [5.41, 5.74) is 1.63. The van der Waals surface area contributed by atoms with Gasteiger partial charge in [0.15, 0.2) is 0 Å². The van der Waals surface area contributed by atoms with Gasteiger partial charge in [0.05, 0.1) is 12.6 Å². The van der Waals surface area contributed by atoms with Crippen LogP contribution in [0, 0.1) is 0 Å². The van der Waals surface area contributed by atoms with Crippen molar-refractivity contribution in [1.82, 2.24) is 19.8 Å². The summed E-state index contributed by atoms with van der Waals surface area (Å²) in [5, 5.41) is 9.40. The zero-order chi connectivity index (χ0) is 16.4. The van der Waals surface area contributed by atoms with Crippen LogP contribution in [0.15, 0.2) is 12.5 Å². The Morgan fingerprint density at radius 1 is 1.52 bits per heavy atom. The summed E-state index contributed by atoms with van der Waals surface area (Å²) in [6, 6.07) is -0.0529. The van der Waals surface area contributed by atoms with Crippen LogP contribution in [0.2, 0.25) is 0 Å². The number of fused-ring (bicyclic) bond motifs is 1. The van der Waals surface area contributed by atoms with Crippen molar-refractivity contribution < 1.29 is 14.6 Å². The number of hydrogen-bond acceptors (Lipinski definition) is 5. The van der Waals surface area contributed by atoms with Crippen LogP contribution in [0.4, 0.5) is 4.79 Å². The lowest BCUT2D eigenvalue weighted by Gasteiger charge is -2.32. The average Bonchev–Trinajstić information content (AvgIpc) is 2.82. The highest BCUT2D eigenvalue weighted by Crippen LogP contribution is 2.29. The molecule has 2 aliphatic heterocycles. The third kappa shape index (κ3) is 3.45. The smallest absolute Gasteiger partial charge is 0.409 e. The molecule has 0 aromatic carbocycles. The molecule has 1 saturated heterocycles. The first-order chi connectivity index (χ1) is 11.0. The van der Waals surface area contributed by atoms with E-state index >= 15 is 0 Å². The predicted octanol–water partition coefficient (Wildman–Crippen LogP) is 1.73. The van der Waals surface area contributed by atoms with Gasteiger partial charge >= 0.3 is 6.09 Å². The standard InChI is InChI=1S/C16H24N4O3/c1-16(2)20(15(21)22)13(10-23-16)4-3-6-19-7-5-14-12(9-19)8-17-11-18-14/h8,11,13H,3-7,9-10H2,1-2H3,(H,21,22)/t13-/m1/s1. The summed E-state index contributed by atoms with van der Waals surface area (Å²) in [6.07, 6.45) is 5.34. The number of aromatic nitrogens is 2. The molecule has 0 bridgehead atoms. The molecule has 0 unspecified atom stereocenters. The molecular formula is C16H24N4O3. The first-order valence-electron chi connectivity index (χ1n) is 8.14. The van der Waals surface area contributed by atoms with Crippen LogP contribution in [0.1, 0.15) is 37.9 Å². The Balaban J connectivity index is 1.50. The average molecular weight is 320 g/mol. The normalized spacial score (nSPS) is 23.7. The summed E-state index contributed by atoms with van der Waals surface area (Å²) in [4.78, 5) is 23.7. The van der Waals surface area contributed by atoms with Crippen molar-refractivity contribution in [2.75, 3.05) is 19.7 Å². The molecule has 7 nitrogen and oxygen atoms in total. The molecule has 7 heteroatoms. The highest BCUT2D eigenvalue weighted by Gasteiger charge is 2.43. The molecule has 0 aliphatic carbocycles. The Labute approximate surface area is 136 Å². The number of rotatable bonds is 4. The Morgan fingerprint density at radius 2 is 2.35 bits per heavy atom. The van der Waals surface area contributed by atoms with E-state index in [1.807, 2.05) is 20.0 Å². The van der Waals surface area contributed by atoms with Crippen LogP contribution >= 0.6 is 0 Å². The molecule has 1 fully saturated rings. The maximum Gasteiger partial charge on any atom is 0.409 e. The monoisotopic (exact) mass is 320 g/mol. The van der Waals surface area contributed by atoms with E-state index in [0.717, 1.165) is 44.6 Å². The number of amides is 1. The van der Waals surface area contributed by atoms with Crippen molar-refractivity contribution in [3.05, 3.63) is 23.8 Å². The number of carbonyl (C=O) groups is 1. The summed E-state index contributed by atoms with van der Waals surface area (Å²) in [6.45, 7) is 6.94. The lowest BCUT2D eigenvalue weighted by Crippen LogP contribution is -2.47. The molecule has 3 rings (SSSR count). The van der Waals surface area contributed by atoms with Crippen LogP contribution in [-0.4, -0.2) is 62.4 Å². The lowest BCUT2D eigenvalue weighted by atomic mass is 10.1. The molecule has 3 heterocycles. The van der Waals surface area contributed by atoms with E-state index in [9.17, 15) is 9.90 Å². The molecule has 2 aliphatic rings. The van der Waals surface area contributed by atoms with Crippen LogP contribution in [0.25, 0.3) is 0 Å². The van der Waals surface area contributed by atoms with Crippen molar-refractivity contribution in [3.8, 4) is 0 Å². The first-order valence-corrected chi connectivity index (χ1v) is 8.14. The largest absolute Gasteiger partial charge is 0.465 e. The minimum atomic E-state index is -0.901. The number of carboxylic acid groups (broad SMARTS) is 1. The van der Waals surface area contributed by atoms with Gasteiger partial charge in [0.1, 0.15) is 12.1 Å². The van der Waals surface area contributed by atoms with E-state index in [0.29, 0.717) is 6.61 Å². The van der Waals surface area contributed by atoms with Gasteiger partial charge in [-0.2, -0.15) is 0 Å². The molecular weight excluding hydrogens is 296 g/mol. The fourth-order valence-corrected chi connectivity index (χ4v) is 3.55. The van der Waals surface area contributed by atoms with Crippen molar-refractivity contribution in [2.24, 2.45) is 0 Å². The van der Waals surface area contributed by atoms with Gasteiger partial charge < -0.3 is 9.84 Å². The maximum atomic E-state index is 11.5. The van der Waals surface area contributed by atoms with Crippen molar-refractivity contribution in [1.29, 1.82) is 0 Å². The molecule has 0 radical (unpaired) electrons. The van der Waals surface area contributed by atoms with Crippen LogP contribution in [0.5, 0.6) is 0 Å². The second-order valence-corrected chi connectivity index (χ2v) is 6.73. The fraction of sp³-hybridized carbons (Fsp3) is 0.688. The number of hydrogen-bond donors (Lipinski definition) is 1. The molecule has 1 aromatic rings. The molecule has 1 atom stereocenters. The van der Waals surface area contributed by atoms with Gasteiger partial charge in [0, 0.05) is 37.0 Å². The van der Waals surface area contributed by atoms with Crippen LogP contribution < -0.4 is 0 Å². The maximum absolute atomic E-state index is 11.5. The van der Waals surface area contributed by atoms with E-state index in [4.69, 9.17) is 4.74 Å². The van der Waals surface area contributed by atoms with E-state index < -0.39 is 11.8 Å². The molecule has 1 aromatic heterocycles. The minimum Gasteiger partial charge on any atom is -0.465 e. The second kappa shape index (κ2) is 6.41. The van der Waals surface area contributed by atoms with Gasteiger partial charge in [-0.1, -0.05) is 0 Å². The zero-order valence-electron chi connectivity index (χ0n) is 13.7. The van der Waals surface area contributed by atoms with Crippen molar-refractivity contribution in [2.45, 2.75) is 51.4 Å². The summed E-state index contributed by atoms with van der Waals surface area (Å²) >= 11 is 0. The lowest BCUT2D eigenvalue weighted by molar-refractivity contribution is -0.0422. The van der Waals surface area contributed by atoms with Gasteiger partial charge in [0.2, 0.25) is 0 Å². The highest BCUT2D eigenvalue weighted by molar-refractivity contribution is 5.66. The topological polar surface area (TPSA) is 78.8 Å². The van der Waals surface area contributed by atoms with Crippen molar-refractivity contribution >= 4 is 6.09 Å². The SMILES string of the molecule is CC1(C)OC[C@@H](CCCN2CCc3ncncc3C2)N1C(=O)O. The highest BCUT2D eigenvalue weighted by atomic mass is 16.5. The first kappa shape index (κ1) is 16.1. The van der Waals surface area contributed by atoms with E-state index in [1.165, 1.54) is 10.5 Å². The molecule has 23 heavy (non-hydrogen) atoms. The predicted molar refractivity (Wildman–Crippen MR) is 83.9 cm³/mol. The van der Waals surface area contributed by atoms with Gasteiger partial charge in [-0.3, -0.25) is 9.80 Å². The van der Waals surface area contributed by atoms with E-state index in [1.54, 1.807) is 6.33 Å². The Bertz CT molecular complexity index is 578. The van der Waals surface area contributed by atoms with Gasteiger partial charge in [-0.05, 0) is 33.2 Å². The number of nitrogens with zero attached hydrogens (tertiary/aromatic N) is 4. The zero-order valence-corrected chi connectivity index (χ0v) is 13.7. The Morgan fingerprint density at radius 3 is 3.13 bits per heavy atom. The Kier molecular flexibility index (Phi) is 4.50. The van der Waals surface area contributed by atoms with Gasteiger partial charge in [0.25, 0.3) is 0 Å². The molecule has 0 saturated carbocycles. The van der Waals surface area contributed by atoms with Gasteiger partial charge in [-0.15, -0.1) is 0 Å². The summed E-state index contributed by atoms with van der Waals surface area (Å²) in [7, 11) is 0.